The van der Waals surface area contributed by atoms with E-state index in [0.717, 1.165) is 51.4 Å². The minimum absolute atomic E-state index is 0.607. The molecule has 0 spiro atoms. The Balaban J connectivity index is 1.19. The van der Waals surface area contributed by atoms with Crippen LogP contribution < -0.4 is 0 Å². The molecule has 0 heteroatoms. The van der Waals surface area contributed by atoms with Gasteiger partial charge in [0.2, 0.25) is 0 Å². The van der Waals surface area contributed by atoms with Crippen LogP contribution in [0.2, 0.25) is 0 Å². The predicted molar refractivity (Wildman–Crippen MR) is 126 cm³/mol. The molecule has 0 aromatic heterocycles. The standard InChI is InChI=1S/C30H30/c1-5-15-25-21(11-1)22-12-2-6-16-26(22)29(25)19-9-10-20-30-27-17-7-3-13-23(27)24-14-4-8-18-28(24)30/h1-10,15,17,29-30H,11-14,16,18-20H2/q-2/b10-9-. The fourth-order valence-electron chi connectivity index (χ4n) is 6.45. The minimum Gasteiger partial charge on any atom is -0.157 e. The fraction of sp³-hybridized carbons (Fsp3) is 0.333. The SMILES string of the molecule is C1=CC[C-]2C(=C1)C(C/C=C\CC1C3=CC=CC[C-]3C3=C1CC=CC3)C1=C2CC=CC1. The third-order valence-corrected chi connectivity index (χ3v) is 7.82. The van der Waals surface area contributed by atoms with Crippen LogP contribution in [0.1, 0.15) is 51.4 Å². The number of hydrogen-bond acceptors (Lipinski definition) is 0. The summed E-state index contributed by atoms with van der Waals surface area (Å²) in [4.78, 5) is 0. The second-order valence-electron chi connectivity index (χ2n) is 9.28. The molecule has 0 nitrogen and oxygen atoms in total. The summed E-state index contributed by atoms with van der Waals surface area (Å²) in [6, 6.07) is 0. The van der Waals surface area contributed by atoms with Gasteiger partial charge in [-0.15, -0.1) is 47.3 Å². The van der Waals surface area contributed by atoms with Gasteiger partial charge in [-0.25, -0.2) is 0 Å². The van der Waals surface area contributed by atoms with Crippen molar-refractivity contribution in [1.29, 1.82) is 0 Å². The van der Waals surface area contributed by atoms with E-state index in [4.69, 9.17) is 0 Å². The van der Waals surface area contributed by atoms with Crippen molar-refractivity contribution in [1.82, 2.24) is 0 Å². The Kier molecular flexibility index (Phi) is 4.60. The Labute approximate surface area is 181 Å². The molecule has 6 aliphatic carbocycles. The summed E-state index contributed by atoms with van der Waals surface area (Å²) in [5.41, 5.74) is 9.93. The zero-order chi connectivity index (χ0) is 19.9. The number of fused-ring (bicyclic) bond motifs is 4. The first-order valence-corrected chi connectivity index (χ1v) is 11.8. The van der Waals surface area contributed by atoms with Crippen LogP contribution in [0.15, 0.2) is 106 Å². The van der Waals surface area contributed by atoms with E-state index in [1.54, 1.807) is 45.3 Å². The van der Waals surface area contributed by atoms with Gasteiger partial charge >= 0.3 is 0 Å². The van der Waals surface area contributed by atoms with Crippen LogP contribution in [0.3, 0.4) is 0 Å². The van der Waals surface area contributed by atoms with Crippen molar-refractivity contribution in [2.75, 3.05) is 0 Å². The van der Waals surface area contributed by atoms with Gasteiger partial charge < -0.3 is 0 Å². The molecule has 0 radical (unpaired) electrons. The lowest BCUT2D eigenvalue weighted by molar-refractivity contribution is 0.705. The zero-order valence-corrected chi connectivity index (χ0v) is 17.7. The average Bonchev–Trinajstić information content (AvgIpc) is 3.30. The van der Waals surface area contributed by atoms with E-state index in [2.05, 4.69) is 72.9 Å². The molecular weight excluding hydrogens is 360 g/mol. The molecule has 2 unspecified atom stereocenters. The normalized spacial score (nSPS) is 28.8. The summed E-state index contributed by atoms with van der Waals surface area (Å²) in [5, 5.41) is 0. The van der Waals surface area contributed by atoms with E-state index >= 15 is 0 Å². The Bertz CT molecular complexity index is 928. The van der Waals surface area contributed by atoms with Crippen LogP contribution in [-0.4, -0.2) is 0 Å². The highest BCUT2D eigenvalue weighted by Gasteiger charge is 2.30. The van der Waals surface area contributed by atoms with Crippen molar-refractivity contribution in [2.24, 2.45) is 11.8 Å². The predicted octanol–water partition coefficient (Wildman–Crippen LogP) is 7.80. The Morgan fingerprint density at radius 3 is 1.60 bits per heavy atom. The van der Waals surface area contributed by atoms with Gasteiger partial charge in [0.05, 0.1) is 0 Å². The molecule has 0 heterocycles. The highest BCUT2D eigenvalue weighted by molar-refractivity contribution is 5.61. The lowest BCUT2D eigenvalue weighted by atomic mass is 9.83. The van der Waals surface area contributed by atoms with E-state index < -0.39 is 0 Å². The second kappa shape index (κ2) is 7.58. The summed E-state index contributed by atoms with van der Waals surface area (Å²) in [5.74, 6) is 4.48. The maximum atomic E-state index is 2.49. The number of allylic oxidation sites excluding steroid dienone is 18. The smallest absolute Gasteiger partial charge is 0.0319 e. The van der Waals surface area contributed by atoms with E-state index in [0.29, 0.717) is 11.8 Å². The van der Waals surface area contributed by atoms with Crippen molar-refractivity contribution >= 4 is 0 Å². The number of rotatable bonds is 4. The highest BCUT2D eigenvalue weighted by Crippen LogP contribution is 2.53. The highest BCUT2D eigenvalue weighted by atomic mass is 14.4. The van der Waals surface area contributed by atoms with Gasteiger partial charge in [0.1, 0.15) is 0 Å². The Morgan fingerprint density at radius 1 is 0.633 bits per heavy atom. The molecule has 6 aliphatic rings. The first kappa shape index (κ1) is 18.2. The molecule has 0 saturated heterocycles. The third-order valence-electron chi connectivity index (χ3n) is 7.82. The molecule has 0 saturated carbocycles. The molecule has 0 N–H and O–H groups in total. The van der Waals surface area contributed by atoms with Crippen molar-refractivity contribution in [2.45, 2.75) is 51.4 Å². The summed E-state index contributed by atoms with van der Waals surface area (Å²) in [7, 11) is 0. The monoisotopic (exact) mass is 390 g/mol. The molecule has 30 heavy (non-hydrogen) atoms. The Morgan fingerprint density at radius 2 is 1.10 bits per heavy atom. The molecule has 0 fully saturated rings. The van der Waals surface area contributed by atoms with Crippen molar-refractivity contribution in [3.05, 3.63) is 118 Å². The third kappa shape index (κ3) is 2.88. The second-order valence-corrected chi connectivity index (χ2v) is 9.28. The maximum absolute atomic E-state index is 2.49. The maximum Gasteiger partial charge on any atom is -0.0319 e. The molecular formula is C30H30-2. The molecule has 0 aliphatic heterocycles. The lowest BCUT2D eigenvalue weighted by Crippen LogP contribution is -2.07. The fourth-order valence-corrected chi connectivity index (χ4v) is 6.45. The van der Waals surface area contributed by atoms with Gasteiger partial charge in [0, 0.05) is 0 Å². The van der Waals surface area contributed by atoms with Gasteiger partial charge in [-0.3, -0.25) is 0 Å². The van der Waals surface area contributed by atoms with Crippen LogP contribution in [0.5, 0.6) is 0 Å². The molecule has 0 aromatic rings. The molecule has 2 atom stereocenters. The molecule has 0 amide bonds. The van der Waals surface area contributed by atoms with Crippen LogP contribution >= 0.6 is 0 Å². The van der Waals surface area contributed by atoms with E-state index in [9.17, 15) is 0 Å². The number of hydrogen-bond donors (Lipinski definition) is 0. The lowest BCUT2D eigenvalue weighted by Gasteiger charge is -2.29. The van der Waals surface area contributed by atoms with E-state index in [1.165, 1.54) is 0 Å². The van der Waals surface area contributed by atoms with Crippen molar-refractivity contribution in [3.8, 4) is 0 Å². The van der Waals surface area contributed by atoms with Crippen LogP contribution in [-0.2, 0) is 0 Å². The summed E-state index contributed by atoms with van der Waals surface area (Å²) >= 11 is 0. The summed E-state index contributed by atoms with van der Waals surface area (Å²) in [6.07, 6.45) is 37.6. The quantitative estimate of drug-likeness (QED) is 0.339. The van der Waals surface area contributed by atoms with Gasteiger partial charge in [-0.1, -0.05) is 74.0 Å². The van der Waals surface area contributed by atoms with Crippen LogP contribution in [0.4, 0.5) is 0 Å². The molecule has 0 bridgehead atoms. The summed E-state index contributed by atoms with van der Waals surface area (Å²) in [6.45, 7) is 0. The van der Waals surface area contributed by atoms with Gasteiger partial charge in [0.25, 0.3) is 0 Å². The Hall–Kier alpha value is -2.60. The molecule has 152 valence electrons. The summed E-state index contributed by atoms with van der Waals surface area (Å²) < 4.78 is 0. The van der Waals surface area contributed by atoms with Crippen molar-refractivity contribution < 1.29 is 0 Å². The van der Waals surface area contributed by atoms with Crippen molar-refractivity contribution in [3.63, 3.8) is 0 Å². The topological polar surface area (TPSA) is 0 Å². The average molecular weight is 391 g/mol. The van der Waals surface area contributed by atoms with E-state index in [-0.39, 0.29) is 0 Å². The zero-order valence-electron chi connectivity index (χ0n) is 17.7. The first-order chi connectivity index (χ1) is 14.9. The largest absolute Gasteiger partial charge is 0.157 e. The minimum atomic E-state index is 0.607. The van der Waals surface area contributed by atoms with Crippen LogP contribution in [0, 0.1) is 23.7 Å². The molecule has 6 rings (SSSR count). The first-order valence-electron chi connectivity index (χ1n) is 11.8. The van der Waals surface area contributed by atoms with Gasteiger partial charge in [0.15, 0.2) is 0 Å². The van der Waals surface area contributed by atoms with Gasteiger partial charge in [-0.05, 0) is 25.7 Å². The van der Waals surface area contributed by atoms with E-state index in [1.807, 2.05) is 0 Å². The molecule has 0 aromatic carbocycles. The van der Waals surface area contributed by atoms with Gasteiger partial charge in [-0.2, -0.15) is 34.4 Å². The van der Waals surface area contributed by atoms with Crippen LogP contribution in [0.25, 0.3) is 0 Å².